The summed E-state index contributed by atoms with van der Waals surface area (Å²) in [5.41, 5.74) is 1.95. The van der Waals surface area contributed by atoms with Gasteiger partial charge in [-0.2, -0.15) is 0 Å². The summed E-state index contributed by atoms with van der Waals surface area (Å²) < 4.78 is 0. The number of hydrogen-bond donors (Lipinski definition) is 3. The van der Waals surface area contributed by atoms with E-state index in [1.807, 2.05) is 24.3 Å². The second-order valence-corrected chi connectivity index (χ2v) is 6.11. The molecular weight excluding hydrogens is 326 g/mol. The van der Waals surface area contributed by atoms with Crippen LogP contribution in [0.15, 0.2) is 24.3 Å². The van der Waals surface area contributed by atoms with Gasteiger partial charge in [-0.25, -0.2) is 0 Å². The number of benzene rings is 1. The average molecular weight is 354 g/mol. The monoisotopic (exact) mass is 353 g/mol. The van der Waals surface area contributed by atoms with Gasteiger partial charge in [0, 0.05) is 12.1 Å². The predicted octanol–water partition coefficient (Wildman–Crippen LogP) is 2.51. The number of amides is 2. The van der Waals surface area contributed by atoms with Crippen molar-refractivity contribution in [3.63, 3.8) is 0 Å². The zero-order valence-corrected chi connectivity index (χ0v) is 15.1. The van der Waals surface area contributed by atoms with Crippen LogP contribution in [0.4, 0.5) is 5.69 Å². The number of piperidine rings is 1. The van der Waals surface area contributed by atoms with Gasteiger partial charge in [0.1, 0.15) is 0 Å². The smallest absolute Gasteiger partial charge is 0.243 e. The van der Waals surface area contributed by atoms with Crippen LogP contribution in [-0.4, -0.2) is 31.4 Å². The van der Waals surface area contributed by atoms with Gasteiger partial charge in [-0.15, -0.1) is 12.4 Å². The summed E-state index contributed by atoms with van der Waals surface area (Å²) in [6.07, 6.45) is 4.62. The highest BCUT2D eigenvalue weighted by atomic mass is 35.5. The van der Waals surface area contributed by atoms with Crippen molar-refractivity contribution in [1.29, 1.82) is 0 Å². The van der Waals surface area contributed by atoms with Crippen molar-refractivity contribution in [3.05, 3.63) is 29.8 Å². The molecule has 6 heteroatoms. The van der Waals surface area contributed by atoms with E-state index in [-0.39, 0.29) is 30.8 Å². The molecular formula is C18H28ClN3O2. The highest BCUT2D eigenvalue weighted by Crippen LogP contribution is 2.17. The summed E-state index contributed by atoms with van der Waals surface area (Å²) in [5.74, 6) is 0.405. The predicted molar refractivity (Wildman–Crippen MR) is 99.5 cm³/mol. The molecule has 1 aliphatic rings. The molecule has 1 fully saturated rings. The third-order valence-electron chi connectivity index (χ3n) is 4.30. The Morgan fingerprint density at radius 2 is 1.96 bits per heavy atom. The minimum absolute atomic E-state index is 0. The number of aryl methyl sites for hydroxylation is 1. The molecule has 5 nitrogen and oxygen atoms in total. The lowest BCUT2D eigenvalue weighted by molar-refractivity contribution is -0.124. The first kappa shape index (κ1) is 20.5. The molecule has 2 rings (SSSR count). The van der Waals surface area contributed by atoms with Crippen LogP contribution in [0.5, 0.6) is 0 Å². The molecule has 1 heterocycles. The Kier molecular flexibility index (Phi) is 9.42. The SMILES string of the molecule is CCc1cccc(NC(=O)CNC(=O)CCC2CCNCC2)c1.Cl. The number of nitrogens with one attached hydrogen (secondary N) is 3. The number of rotatable bonds is 7. The number of hydrogen-bond acceptors (Lipinski definition) is 3. The van der Waals surface area contributed by atoms with Gasteiger partial charge < -0.3 is 16.0 Å². The van der Waals surface area contributed by atoms with Gasteiger partial charge in [-0.3, -0.25) is 9.59 Å². The summed E-state index contributed by atoms with van der Waals surface area (Å²) >= 11 is 0. The van der Waals surface area contributed by atoms with Crippen LogP contribution >= 0.6 is 12.4 Å². The van der Waals surface area contributed by atoms with Crippen LogP contribution in [0.1, 0.15) is 38.2 Å². The Labute approximate surface area is 150 Å². The zero-order chi connectivity index (χ0) is 16.5. The molecule has 2 amide bonds. The van der Waals surface area contributed by atoms with Gasteiger partial charge >= 0.3 is 0 Å². The molecule has 3 N–H and O–H groups in total. The molecule has 0 bridgehead atoms. The van der Waals surface area contributed by atoms with E-state index in [1.165, 1.54) is 5.56 Å². The minimum Gasteiger partial charge on any atom is -0.347 e. The first-order chi connectivity index (χ1) is 11.2. The first-order valence-corrected chi connectivity index (χ1v) is 8.53. The third kappa shape index (κ3) is 7.32. The van der Waals surface area contributed by atoms with Crippen LogP contribution in [0.3, 0.4) is 0 Å². The maximum absolute atomic E-state index is 11.9. The molecule has 1 aliphatic heterocycles. The van der Waals surface area contributed by atoms with Gasteiger partial charge in [-0.1, -0.05) is 19.1 Å². The molecule has 1 aromatic carbocycles. The first-order valence-electron chi connectivity index (χ1n) is 8.53. The standard InChI is InChI=1S/C18H27N3O2.ClH/c1-2-14-4-3-5-16(12-14)21-18(23)13-20-17(22)7-6-15-8-10-19-11-9-15;/h3-5,12,15,19H,2,6-11,13H2,1H3,(H,20,22)(H,21,23);1H. The summed E-state index contributed by atoms with van der Waals surface area (Å²) in [5, 5.41) is 8.84. The summed E-state index contributed by atoms with van der Waals surface area (Å²) in [7, 11) is 0. The molecule has 0 unspecified atom stereocenters. The number of carbonyl (C=O) groups excluding carboxylic acids is 2. The largest absolute Gasteiger partial charge is 0.347 e. The maximum Gasteiger partial charge on any atom is 0.243 e. The Bertz CT molecular complexity index is 531. The molecule has 1 saturated heterocycles. The van der Waals surface area contributed by atoms with E-state index < -0.39 is 0 Å². The molecule has 0 aromatic heterocycles. The van der Waals surface area contributed by atoms with E-state index in [0.29, 0.717) is 12.3 Å². The topological polar surface area (TPSA) is 70.2 Å². The highest BCUT2D eigenvalue weighted by molar-refractivity contribution is 5.94. The lowest BCUT2D eigenvalue weighted by Crippen LogP contribution is -2.33. The molecule has 0 saturated carbocycles. The Hall–Kier alpha value is -1.59. The summed E-state index contributed by atoms with van der Waals surface area (Å²) in [4.78, 5) is 23.7. The Balaban J connectivity index is 0.00000288. The maximum atomic E-state index is 11.9. The second kappa shape index (κ2) is 11.0. The summed E-state index contributed by atoms with van der Waals surface area (Å²) in [6, 6.07) is 7.76. The van der Waals surface area contributed by atoms with Crippen molar-refractivity contribution in [2.45, 2.75) is 39.0 Å². The van der Waals surface area contributed by atoms with Gasteiger partial charge in [0.05, 0.1) is 6.54 Å². The Morgan fingerprint density at radius 1 is 1.21 bits per heavy atom. The van der Waals surface area contributed by atoms with Crippen LogP contribution in [0.2, 0.25) is 0 Å². The Morgan fingerprint density at radius 3 is 2.67 bits per heavy atom. The molecule has 0 atom stereocenters. The van der Waals surface area contributed by atoms with Gasteiger partial charge in [0.15, 0.2) is 0 Å². The van der Waals surface area contributed by atoms with Crippen molar-refractivity contribution in [3.8, 4) is 0 Å². The lowest BCUT2D eigenvalue weighted by atomic mass is 9.93. The van der Waals surface area contributed by atoms with Crippen molar-refractivity contribution in [2.24, 2.45) is 5.92 Å². The van der Waals surface area contributed by atoms with Crippen molar-refractivity contribution in [2.75, 3.05) is 25.0 Å². The van der Waals surface area contributed by atoms with E-state index in [0.717, 1.165) is 44.5 Å². The number of anilines is 1. The van der Waals surface area contributed by atoms with E-state index in [2.05, 4.69) is 22.9 Å². The number of carbonyl (C=O) groups is 2. The zero-order valence-electron chi connectivity index (χ0n) is 14.3. The molecule has 134 valence electrons. The second-order valence-electron chi connectivity index (χ2n) is 6.11. The normalized spacial score (nSPS) is 14.5. The average Bonchev–Trinajstić information content (AvgIpc) is 2.59. The van der Waals surface area contributed by atoms with Crippen molar-refractivity contribution < 1.29 is 9.59 Å². The van der Waals surface area contributed by atoms with Crippen LogP contribution in [-0.2, 0) is 16.0 Å². The molecule has 1 aromatic rings. The summed E-state index contributed by atoms with van der Waals surface area (Å²) in [6.45, 7) is 4.20. The van der Waals surface area contributed by atoms with Crippen molar-refractivity contribution in [1.82, 2.24) is 10.6 Å². The van der Waals surface area contributed by atoms with E-state index >= 15 is 0 Å². The van der Waals surface area contributed by atoms with Crippen LogP contribution in [0.25, 0.3) is 0 Å². The fourth-order valence-electron chi connectivity index (χ4n) is 2.85. The molecule has 24 heavy (non-hydrogen) atoms. The van der Waals surface area contributed by atoms with Gasteiger partial charge in [-0.05, 0) is 62.4 Å². The lowest BCUT2D eigenvalue weighted by Gasteiger charge is -2.22. The van der Waals surface area contributed by atoms with Crippen molar-refractivity contribution >= 4 is 29.9 Å². The van der Waals surface area contributed by atoms with Gasteiger partial charge in [0.25, 0.3) is 0 Å². The highest BCUT2D eigenvalue weighted by Gasteiger charge is 2.14. The van der Waals surface area contributed by atoms with Gasteiger partial charge in [0.2, 0.25) is 11.8 Å². The van der Waals surface area contributed by atoms with E-state index in [1.54, 1.807) is 0 Å². The minimum atomic E-state index is -0.187. The molecule has 0 radical (unpaired) electrons. The van der Waals surface area contributed by atoms with Crippen LogP contribution < -0.4 is 16.0 Å². The fourth-order valence-corrected chi connectivity index (χ4v) is 2.85. The number of halogens is 1. The quantitative estimate of drug-likeness (QED) is 0.705. The third-order valence-corrected chi connectivity index (χ3v) is 4.30. The van der Waals surface area contributed by atoms with Crippen LogP contribution in [0, 0.1) is 5.92 Å². The van der Waals surface area contributed by atoms with E-state index in [4.69, 9.17) is 0 Å². The van der Waals surface area contributed by atoms with E-state index in [9.17, 15) is 9.59 Å². The molecule has 0 spiro atoms. The molecule has 0 aliphatic carbocycles. The fraction of sp³-hybridized carbons (Fsp3) is 0.556.